The van der Waals surface area contributed by atoms with Crippen molar-refractivity contribution in [2.75, 3.05) is 57.2 Å². The maximum Gasteiger partial charge on any atom is 0.228 e. The highest BCUT2D eigenvalue weighted by atomic mass is 16.5. The van der Waals surface area contributed by atoms with E-state index in [-0.39, 0.29) is 6.04 Å². The standard InChI is InChI=1S/C21H28N6O/c1-15-13-17-19(24-21(26(2)3)25-20(17)23-15)22-14-18(16-7-5-4-6-8-16)27-9-11-28-12-10-27/h4-8,13,18H,9-12,14H2,1-3H3,(H2,22,23,24,25). The molecule has 2 aromatic heterocycles. The van der Waals surface area contributed by atoms with E-state index in [1.165, 1.54) is 5.56 Å². The highest BCUT2D eigenvalue weighted by Crippen LogP contribution is 2.27. The summed E-state index contributed by atoms with van der Waals surface area (Å²) in [6, 6.07) is 13.0. The van der Waals surface area contributed by atoms with Gasteiger partial charge in [0.05, 0.1) is 24.6 Å². The van der Waals surface area contributed by atoms with Crippen LogP contribution in [0.1, 0.15) is 17.3 Å². The molecule has 148 valence electrons. The average molecular weight is 380 g/mol. The number of H-pyrrole nitrogens is 1. The molecule has 1 aliphatic rings. The number of anilines is 2. The maximum atomic E-state index is 5.56. The molecule has 7 nitrogen and oxygen atoms in total. The minimum Gasteiger partial charge on any atom is -0.379 e. The molecule has 1 aliphatic heterocycles. The van der Waals surface area contributed by atoms with Gasteiger partial charge in [0, 0.05) is 39.4 Å². The first-order valence-corrected chi connectivity index (χ1v) is 9.77. The lowest BCUT2D eigenvalue weighted by Crippen LogP contribution is -2.41. The molecule has 1 fully saturated rings. The van der Waals surface area contributed by atoms with Gasteiger partial charge in [0.2, 0.25) is 5.95 Å². The zero-order valence-corrected chi connectivity index (χ0v) is 16.8. The number of aryl methyl sites for hydroxylation is 1. The third kappa shape index (κ3) is 3.95. The number of hydrogen-bond donors (Lipinski definition) is 2. The lowest BCUT2D eigenvalue weighted by atomic mass is 10.0. The number of ether oxygens (including phenoxy) is 1. The summed E-state index contributed by atoms with van der Waals surface area (Å²) in [5, 5.41) is 4.64. The van der Waals surface area contributed by atoms with Crippen LogP contribution in [-0.2, 0) is 4.74 Å². The lowest BCUT2D eigenvalue weighted by Gasteiger charge is -2.35. The fourth-order valence-electron chi connectivity index (χ4n) is 3.68. The van der Waals surface area contributed by atoms with Gasteiger partial charge in [-0.2, -0.15) is 9.97 Å². The summed E-state index contributed by atoms with van der Waals surface area (Å²) in [6.45, 7) is 6.25. The van der Waals surface area contributed by atoms with E-state index in [0.29, 0.717) is 5.95 Å². The molecule has 0 spiro atoms. The zero-order chi connectivity index (χ0) is 19.5. The van der Waals surface area contributed by atoms with Gasteiger partial charge in [-0.3, -0.25) is 4.90 Å². The van der Waals surface area contributed by atoms with Gasteiger partial charge in [0.25, 0.3) is 0 Å². The van der Waals surface area contributed by atoms with Crippen LogP contribution in [-0.4, -0.2) is 66.8 Å². The summed E-state index contributed by atoms with van der Waals surface area (Å²) < 4.78 is 5.56. The van der Waals surface area contributed by atoms with Crippen LogP contribution in [0.25, 0.3) is 11.0 Å². The van der Waals surface area contributed by atoms with Gasteiger partial charge in [-0.25, -0.2) is 0 Å². The summed E-state index contributed by atoms with van der Waals surface area (Å²) >= 11 is 0. The van der Waals surface area contributed by atoms with E-state index >= 15 is 0 Å². The number of benzene rings is 1. The number of rotatable bonds is 6. The molecule has 0 aliphatic carbocycles. The van der Waals surface area contributed by atoms with E-state index in [1.807, 2.05) is 25.9 Å². The molecule has 0 amide bonds. The minimum atomic E-state index is 0.262. The van der Waals surface area contributed by atoms with Gasteiger partial charge in [-0.15, -0.1) is 0 Å². The lowest BCUT2D eigenvalue weighted by molar-refractivity contribution is 0.0187. The molecule has 4 rings (SSSR count). The van der Waals surface area contributed by atoms with Crippen molar-refractivity contribution in [3.63, 3.8) is 0 Å². The molecule has 3 aromatic rings. The van der Waals surface area contributed by atoms with E-state index in [2.05, 4.69) is 56.6 Å². The molecule has 1 unspecified atom stereocenters. The minimum absolute atomic E-state index is 0.262. The van der Waals surface area contributed by atoms with Crippen LogP contribution in [0.3, 0.4) is 0 Å². The molecule has 3 heterocycles. The Kier molecular flexibility index (Phi) is 5.45. The third-order valence-corrected chi connectivity index (χ3v) is 5.14. The average Bonchev–Trinajstić information content (AvgIpc) is 3.10. The van der Waals surface area contributed by atoms with Crippen molar-refractivity contribution in [2.24, 2.45) is 0 Å². The van der Waals surface area contributed by atoms with Gasteiger partial charge < -0.3 is 19.9 Å². The molecule has 0 saturated carbocycles. The number of aromatic amines is 1. The van der Waals surface area contributed by atoms with Gasteiger partial charge >= 0.3 is 0 Å². The first kappa shape index (κ1) is 18.7. The van der Waals surface area contributed by atoms with Crippen molar-refractivity contribution < 1.29 is 4.74 Å². The Morgan fingerprint density at radius 1 is 1.18 bits per heavy atom. The maximum absolute atomic E-state index is 5.56. The van der Waals surface area contributed by atoms with Crippen LogP contribution in [0.4, 0.5) is 11.8 Å². The second-order valence-corrected chi connectivity index (χ2v) is 7.44. The number of aromatic nitrogens is 3. The first-order valence-electron chi connectivity index (χ1n) is 9.77. The van der Waals surface area contributed by atoms with E-state index in [9.17, 15) is 0 Å². The molecule has 0 radical (unpaired) electrons. The Morgan fingerprint density at radius 2 is 1.93 bits per heavy atom. The molecule has 28 heavy (non-hydrogen) atoms. The number of morpholine rings is 1. The molecule has 1 aromatic carbocycles. The Labute approximate surface area is 165 Å². The summed E-state index contributed by atoms with van der Waals surface area (Å²) in [6.07, 6.45) is 0. The normalized spacial score (nSPS) is 16.2. The fourth-order valence-corrected chi connectivity index (χ4v) is 3.68. The van der Waals surface area contributed by atoms with Crippen LogP contribution < -0.4 is 10.2 Å². The highest BCUT2D eigenvalue weighted by molar-refractivity contribution is 5.89. The second kappa shape index (κ2) is 8.16. The predicted octanol–water partition coefficient (Wildman–Crippen LogP) is 2.82. The molecular weight excluding hydrogens is 352 g/mol. The smallest absolute Gasteiger partial charge is 0.228 e. The number of hydrogen-bond acceptors (Lipinski definition) is 6. The Balaban J connectivity index is 1.63. The van der Waals surface area contributed by atoms with E-state index in [1.54, 1.807) is 0 Å². The van der Waals surface area contributed by atoms with E-state index in [0.717, 1.165) is 55.4 Å². The summed E-state index contributed by atoms with van der Waals surface area (Å²) in [5.74, 6) is 1.56. The molecule has 0 bridgehead atoms. The highest BCUT2D eigenvalue weighted by Gasteiger charge is 2.23. The summed E-state index contributed by atoms with van der Waals surface area (Å²) in [5.41, 5.74) is 3.25. The van der Waals surface area contributed by atoms with Crippen molar-refractivity contribution >= 4 is 22.8 Å². The van der Waals surface area contributed by atoms with Crippen molar-refractivity contribution in [3.05, 3.63) is 47.7 Å². The van der Waals surface area contributed by atoms with Gasteiger partial charge in [0.1, 0.15) is 11.5 Å². The van der Waals surface area contributed by atoms with Crippen molar-refractivity contribution in [1.29, 1.82) is 0 Å². The Morgan fingerprint density at radius 3 is 2.64 bits per heavy atom. The van der Waals surface area contributed by atoms with Crippen molar-refractivity contribution in [3.8, 4) is 0 Å². The third-order valence-electron chi connectivity index (χ3n) is 5.14. The van der Waals surface area contributed by atoms with Crippen LogP contribution in [0.5, 0.6) is 0 Å². The molecule has 2 N–H and O–H groups in total. The van der Waals surface area contributed by atoms with Crippen molar-refractivity contribution in [1.82, 2.24) is 19.9 Å². The summed E-state index contributed by atoms with van der Waals surface area (Å²) in [4.78, 5) is 17.1. The van der Waals surface area contributed by atoms with Gasteiger partial charge in [0.15, 0.2) is 0 Å². The van der Waals surface area contributed by atoms with Crippen LogP contribution in [0.2, 0.25) is 0 Å². The van der Waals surface area contributed by atoms with Crippen LogP contribution >= 0.6 is 0 Å². The molecule has 1 atom stereocenters. The van der Waals surface area contributed by atoms with Crippen molar-refractivity contribution in [2.45, 2.75) is 13.0 Å². The monoisotopic (exact) mass is 380 g/mol. The predicted molar refractivity (Wildman–Crippen MR) is 113 cm³/mol. The molecule has 1 saturated heterocycles. The van der Waals surface area contributed by atoms with Crippen LogP contribution in [0.15, 0.2) is 36.4 Å². The topological polar surface area (TPSA) is 69.3 Å². The Hall–Kier alpha value is -2.64. The van der Waals surface area contributed by atoms with E-state index < -0.39 is 0 Å². The Bertz CT molecular complexity index is 917. The van der Waals surface area contributed by atoms with E-state index in [4.69, 9.17) is 9.72 Å². The second-order valence-electron chi connectivity index (χ2n) is 7.44. The summed E-state index contributed by atoms with van der Waals surface area (Å²) in [7, 11) is 3.92. The van der Waals surface area contributed by atoms with Crippen LogP contribution in [0, 0.1) is 6.92 Å². The first-order chi connectivity index (χ1) is 13.6. The zero-order valence-electron chi connectivity index (χ0n) is 16.8. The molecular formula is C21H28N6O. The SMILES string of the molecule is Cc1cc2c(NCC(c3ccccc3)N3CCOCC3)nc(N(C)C)nc2[nH]1. The number of nitrogens with one attached hydrogen (secondary N) is 2. The fraction of sp³-hybridized carbons (Fsp3) is 0.429. The largest absolute Gasteiger partial charge is 0.379 e. The molecule has 7 heteroatoms. The quantitative estimate of drug-likeness (QED) is 0.685. The van der Waals surface area contributed by atoms with Gasteiger partial charge in [-0.05, 0) is 18.6 Å². The number of nitrogens with zero attached hydrogens (tertiary/aromatic N) is 4. The number of fused-ring (bicyclic) bond motifs is 1. The van der Waals surface area contributed by atoms with Gasteiger partial charge in [-0.1, -0.05) is 30.3 Å².